The van der Waals surface area contributed by atoms with Gasteiger partial charge in [0.1, 0.15) is 11.3 Å². The van der Waals surface area contributed by atoms with Crippen molar-refractivity contribution in [3.8, 4) is 0 Å². The molecule has 1 saturated heterocycles. The Hall–Kier alpha value is -2.42. The molecular weight excluding hydrogens is 344 g/mol. The van der Waals surface area contributed by atoms with Crippen molar-refractivity contribution in [2.45, 2.75) is 19.4 Å². The predicted octanol–water partition coefficient (Wildman–Crippen LogP) is 0.0180. The first kappa shape index (κ1) is 17.4. The van der Waals surface area contributed by atoms with Crippen molar-refractivity contribution in [2.75, 3.05) is 25.1 Å². The van der Waals surface area contributed by atoms with Gasteiger partial charge in [0.25, 0.3) is 5.91 Å². The number of rotatable bonds is 4. The third kappa shape index (κ3) is 3.81. The van der Waals surface area contributed by atoms with Crippen LogP contribution in [0.4, 0.5) is 0 Å². The maximum absolute atomic E-state index is 12.5. The summed E-state index contributed by atoms with van der Waals surface area (Å²) in [4.78, 5) is 30.1. The molecule has 0 saturated carbocycles. The number of hydrogen-bond donors (Lipinski definition) is 1. The maximum Gasteiger partial charge on any atom is 0.274 e. The lowest BCUT2D eigenvalue weighted by Gasteiger charge is -2.17. The number of nitrogens with one attached hydrogen (secondary N) is 1. The highest BCUT2D eigenvalue weighted by Crippen LogP contribution is 2.12. The van der Waals surface area contributed by atoms with Crippen molar-refractivity contribution >= 4 is 27.3 Å². The smallest absolute Gasteiger partial charge is 0.274 e. The van der Waals surface area contributed by atoms with Gasteiger partial charge in [-0.25, -0.2) is 13.4 Å². The third-order valence-corrected chi connectivity index (χ3v) is 6.01. The summed E-state index contributed by atoms with van der Waals surface area (Å²) in [6.07, 6.45) is 2.06. The third-order valence-electron chi connectivity index (χ3n) is 4.24. The van der Waals surface area contributed by atoms with Crippen LogP contribution in [-0.4, -0.2) is 65.7 Å². The van der Waals surface area contributed by atoms with Gasteiger partial charge in [0, 0.05) is 25.0 Å². The van der Waals surface area contributed by atoms with Gasteiger partial charge in [0.2, 0.25) is 5.91 Å². The van der Waals surface area contributed by atoms with Gasteiger partial charge >= 0.3 is 0 Å². The molecule has 2 aromatic rings. The van der Waals surface area contributed by atoms with Crippen LogP contribution in [0.2, 0.25) is 0 Å². The predicted molar refractivity (Wildman–Crippen MR) is 92.1 cm³/mol. The second-order valence-corrected chi connectivity index (χ2v) is 8.58. The Labute approximate surface area is 145 Å². The SMILES string of the molecule is Cc1cccc2nc(C(=O)N(C)CC(=O)N[C@H]3CCS(=O)(=O)C3)cn12. The molecule has 3 rings (SSSR count). The van der Waals surface area contributed by atoms with Crippen molar-refractivity contribution < 1.29 is 18.0 Å². The number of fused-ring (bicyclic) bond motifs is 1. The summed E-state index contributed by atoms with van der Waals surface area (Å²) in [5.41, 5.74) is 1.87. The van der Waals surface area contributed by atoms with Gasteiger partial charge in [-0.05, 0) is 25.5 Å². The fourth-order valence-electron chi connectivity index (χ4n) is 2.92. The second-order valence-electron chi connectivity index (χ2n) is 6.35. The van der Waals surface area contributed by atoms with Crippen LogP contribution in [-0.2, 0) is 14.6 Å². The molecule has 1 N–H and O–H groups in total. The van der Waals surface area contributed by atoms with E-state index in [4.69, 9.17) is 0 Å². The summed E-state index contributed by atoms with van der Waals surface area (Å²) in [5.74, 6) is -0.690. The molecule has 25 heavy (non-hydrogen) atoms. The van der Waals surface area contributed by atoms with E-state index in [9.17, 15) is 18.0 Å². The second kappa shape index (κ2) is 6.47. The Morgan fingerprint density at radius 1 is 1.40 bits per heavy atom. The number of hydrogen-bond acceptors (Lipinski definition) is 5. The summed E-state index contributed by atoms with van der Waals surface area (Å²) < 4.78 is 24.7. The molecule has 0 unspecified atom stereocenters. The van der Waals surface area contributed by atoms with E-state index >= 15 is 0 Å². The first-order valence-corrected chi connectivity index (χ1v) is 9.77. The minimum Gasteiger partial charge on any atom is -0.351 e. The molecule has 134 valence electrons. The van der Waals surface area contributed by atoms with Crippen LogP contribution in [0, 0.1) is 6.92 Å². The van der Waals surface area contributed by atoms with Crippen molar-refractivity contribution in [1.29, 1.82) is 0 Å². The van der Waals surface area contributed by atoms with E-state index < -0.39 is 9.84 Å². The van der Waals surface area contributed by atoms with E-state index in [2.05, 4.69) is 10.3 Å². The first-order valence-electron chi connectivity index (χ1n) is 7.95. The molecule has 8 nitrogen and oxygen atoms in total. The number of pyridine rings is 1. The van der Waals surface area contributed by atoms with Crippen molar-refractivity contribution in [2.24, 2.45) is 0 Å². The quantitative estimate of drug-likeness (QED) is 0.824. The zero-order valence-electron chi connectivity index (χ0n) is 14.1. The number of carbonyl (C=O) groups is 2. The molecule has 3 heterocycles. The number of amides is 2. The maximum atomic E-state index is 12.5. The molecule has 0 bridgehead atoms. The number of aromatic nitrogens is 2. The number of sulfone groups is 1. The molecule has 0 radical (unpaired) electrons. The molecule has 1 aliphatic heterocycles. The van der Waals surface area contributed by atoms with Crippen molar-refractivity contribution in [3.63, 3.8) is 0 Å². The minimum absolute atomic E-state index is 0.0396. The molecule has 1 aliphatic rings. The van der Waals surface area contributed by atoms with Crippen LogP contribution in [0.3, 0.4) is 0 Å². The van der Waals surface area contributed by atoms with Crippen molar-refractivity contribution in [3.05, 3.63) is 35.8 Å². The van der Waals surface area contributed by atoms with Crippen LogP contribution in [0.5, 0.6) is 0 Å². The summed E-state index contributed by atoms with van der Waals surface area (Å²) in [6, 6.07) is 5.20. The summed E-state index contributed by atoms with van der Waals surface area (Å²) in [5, 5.41) is 2.67. The Morgan fingerprint density at radius 3 is 2.80 bits per heavy atom. The molecule has 1 atom stereocenters. The molecule has 1 fully saturated rings. The van der Waals surface area contributed by atoms with E-state index in [0.29, 0.717) is 12.1 Å². The van der Waals surface area contributed by atoms with Crippen LogP contribution < -0.4 is 5.32 Å². The minimum atomic E-state index is -3.06. The number of nitrogens with zero attached hydrogens (tertiary/aromatic N) is 3. The molecular formula is C16H20N4O4S. The molecule has 0 spiro atoms. The van der Waals surface area contributed by atoms with E-state index in [-0.39, 0.29) is 41.6 Å². The average molecular weight is 364 g/mol. The van der Waals surface area contributed by atoms with Gasteiger partial charge < -0.3 is 14.6 Å². The summed E-state index contributed by atoms with van der Waals surface area (Å²) in [6.45, 7) is 1.76. The summed E-state index contributed by atoms with van der Waals surface area (Å²) in [7, 11) is -1.54. The molecule has 2 amide bonds. The van der Waals surface area contributed by atoms with E-state index in [1.165, 1.54) is 11.9 Å². The van der Waals surface area contributed by atoms with Gasteiger partial charge in [0.15, 0.2) is 9.84 Å². The lowest BCUT2D eigenvalue weighted by molar-refractivity contribution is -0.122. The Bertz CT molecular complexity index is 935. The van der Waals surface area contributed by atoms with E-state index in [0.717, 1.165) is 5.69 Å². The normalized spacial score (nSPS) is 19.0. The van der Waals surface area contributed by atoms with Gasteiger partial charge in [-0.15, -0.1) is 0 Å². The Morgan fingerprint density at radius 2 is 2.16 bits per heavy atom. The van der Waals surface area contributed by atoms with Crippen molar-refractivity contribution in [1.82, 2.24) is 19.6 Å². The molecule has 2 aromatic heterocycles. The molecule has 0 aliphatic carbocycles. The lowest BCUT2D eigenvalue weighted by atomic mass is 10.2. The first-order chi connectivity index (χ1) is 11.7. The Balaban J connectivity index is 1.63. The number of imidazole rings is 1. The highest BCUT2D eigenvalue weighted by atomic mass is 32.2. The van der Waals surface area contributed by atoms with Crippen LogP contribution >= 0.6 is 0 Å². The van der Waals surface area contributed by atoms with Crippen LogP contribution in [0.15, 0.2) is 24.4 Å². The Kier molecular flexibility index (Phi) is 4.51. The highest BCUT2D eigenvalue weighted by molar-refractivity contribution is 7.91. The number of aryl methyl sites for hydroxylation is 1. The van der Waals surface area contributed by atoms with Gasteiger partial charge in [-0.3, -0.25) is 9.59 Å². The van der Waals surface area contributed by atoms with E-state index in [1.54, 1.807) is 12.3 Å². The zero-order chi connectivity index (χ0) is 18.2. The van der Waals surface area contributed by atoms with Gasteiger partial charge in [0.05, 0.1) is 18.1 Å². The lowest BCUT2D eigenvalue weighted by Crippen LogP contribution is -2.43. The molecule has 9 heteroatoms. The highest BCUT2D eigenvalue weighted by Gasteiger charge is 2.29. The number of likely N-dealkylation sites (N-methyl/N-ethyl adjacent to an activating group) is 1. The van der Waals surface area contributed by atoms with Gasteiger partial charge in [-0.1, -0.05) is 6.07 Å². The van der Waals surface area contributed by atoms with Crippen LogP contribution in [0.25, 0.3) is 5.65 Å². The fourth-order valence-corrected chi connectivity index (χ4v) is 4.59. The van der Waals surface area contributed by atoms with Gasteiger partial charge in [-0.2, -0.15) is 0 Å². The molecule has 0 aromatic carbocycles. The standard InChI is InChI=1S/C16H20N4O4S/c1-11-4-3-5-14-18-13(8-20(11)14)16(22)19(2)9-15(21)17-12-6-7-25(23,24)10-12/h3-5,8,12H,6-7,9-10H2,1-2H3,(H,17,21)/t12-/m0/s1. The number of carbonyl (C=O) groups excluding carboxylic acids is 2. The zero-order valence-corrected chi connectivity index (χ0v) is 14.9. The van der Waals surface area contributed by atoms with Crippen LogP contribution in [0.1, 0.15) is 22.6 Å². The van der Waals surface area contributed by atoms with E-state index in [1.807, 2.05) is 23.5 Å². The summed E-state index contributed by atoms with van der Waals surface area (Å²) >= 11 is 0. The average Bonchev–Trinajstić information content (AvgIpc) is 3.10. The fraction of sp³-hybridized carbons (Fsp3) is 0.438. The largest absolute Gasteiger partial charge is 0.351 e. The monoisotopic (exact) mass is 364 g/mol. The topological polar surface area (TPSA) is 101 Å².